The third-order valence-electron chi connectivity index (χ3n) is 1.75. The lowest BCUT2D eigenvalue weighted by Gasteiger charge is -2.22. The normalized spacial score (nSPS) is 13.2. The first-order chi connectivity index (χ1) is 5.77. The summed E-state index contributed by atoms with van der Waals surface area (Å²) in [7, 11) is -2.82. The highest BCUT2D eigenvalue weighted by Gasteiger charge is 2.14. The second-order valence-corrected chi connectivity index (χ2v) is 7.54. The van der Waals surface area contributed by atoms with Crippen LogP contribution in [0.5, 0.6) is 0 Å². The highest BCUT2D eigenvalue weighted by atomic mass is 32.2. The Morgan fingerprint density at radius 1 is 1.38 bits per heavy atom. The molecule has 0 aromatic heterocycles. The molecule has 0 aliphatic heterocycles. The largest absolute Gasteiger partial charge is 0.314 e. The molecular weight excluding hydrogens is 206 g/mol. The number of nitrogens with one attached hydrogen (secondary N) is 1. The van der Waals surface area contributed by atoms with E-state index < -0.39 is 9.84 Å². The average molecular weight is 225 g/mol. The van der Waals surface area contributed by atoms with Crippen LogP contribution in [-0.2, 0) is 9.84 Å². The molecule has 5 heteroatoms. The molecule has 0 bridgehead atoms. The van der Waals surface area contributed by atoms with Crippen LogP contribution in [0.2, 0.25) is 0 Å². The van der Waals surface area contributed by atoms with Crippen LogP contribution in [0.25, 0.3) is 0 Å². The van der Waals surface area contributed by atoms with E-state index in [0.717, 1.165) is 6.54 Å². The van der Waals surface area contributed by atoms with E-state index in [1.807, 2.05) is 0 Å². The molecule has 0 amide bonds. The third-order valence-corrected chi connectivity index (χ3v) is 3.95. The van der Waals surface area contributed by atoms with Crippen molar-refractivity contribution in [2.75, 3.05) is 31.4 Å². The molecule has 0 spiro atoms. The Morgan fingerprint density at radius 2 is 1.92 bits per heavy atom. The van der Waals surface area contributed by atoms with Crippen LogP contribution in [0.15, 0.2) is 0 Å². The van der Waals surface area contributed by atoms with Gasteiger partial charge in [-0.05, 0) is 20.1 Å². The summed E-state index contributed by atoms with van der Waals surface area (Å²) >= 11 is 1.77. The fraction of sp³-hybridized carbons (Fsp3) is 1.00. The maximum absolute atomic E-state index is 10.8. The van der Waals surface area contributed by atoms with Crippen LogP contribution >= 0.6 is 11.8 Å². The molecule has 0 saturated carbocycles. The summed E-state index contributed by atoms with van der Waals surface area (Å²) < 4.78 is 21.7. The van der Waals surface area contributed by atoms with E-state index in [1.54, 1.807) is 11.8 Å². The minimum Gasteiger partial charge on any atom is -0.314 e. The van der Waals surface area contributed by atoms with Crippen molar-refractivity contribution in [1.82, 2.24) is 5.32 Å². The van der Waals surface area contributed by atoms with Gasteiger partial charge in [-0.15, -0.1) is 0 Å². The van der Waals surface area contributed by atoms with E-state index >= 15 is 0 Å². The Labute approximate surface area is 85.6 Å². The summed E-state index contributed by atoms with van der Waals surface area (Å²) in [6, 6.07) is 0. The molecule has 0 aliphatic rings. The Balaban J connectivity index is 3.58. The summed E-state index contributed by atoms with van der Waals surface area (Å²) in [5, 5.41) is 3.13. The second-order valence-electron chi connectivity index (χ2n) is 3.77. The summed E-state index contributed by atoms with van der Waals surface area (Å²) in [5.41, 5.74) is 0. The van der Waals surface area contributed by atoms with E-state index in [1.165, 1.54) is 6.26 Å². The van der Waals surface area contributed by atoms with Crippen LogP contribution in [0, 0.1) is 0 Å². The summed E-state index contributed by atoms with van der Waals surface area (Å²) in [5.74, 6) is 0.220. The van der Waals surface area contributed by atoms with Gasteiger partial charge in [-0.25, -0.2) is 8.42 Å². The maximum Gasteiger partial charge on any atom is 0.148 e. The van der Waals surface area contributed by atoms with Gasteiger partial charge in [0.15, 0.2) is 0 Å². The molecule has 3 nitrogen and oxygen atoms in total. The van der Waals surface area contributed by atoms with E-state index in [0.29, 0.717) is 6.54 Å². The van der Waals surface area contributed by atoms with Gasteiger partial charge >= 0.3 is 0 Å². The molecule has 0 unspecified atom stereocenters. The molecule has 1 N–H and O–H groups in total. The van der Waals surface area contributed by atoms with Gasteiger partial charge in [-0.1, -0.05) is 0 Å². The number of hydrogen-bond acceptors (Lipinski definition) is 4. The Kier molecular flexibility index (Phi) is 5.32. The molecule has 0 radical (unpaired) electrons. The van der Waals surface area contributed by atoms with E-state index in [-0.39, 0.29) is 10.5 Å². The lowest BCUT2D eigenvalue weighted by Crippen LogP contribution is -2.34. The SMILES string of the molecule is CSC(C)(C)CNCCS(C)(=O)=O. The summed E-state index contributed by atoms with van der Waals surface area (Å²) in [6.07, 6.45) is 3.31. The first kappa shape index (κ1) is 13.3. The van der Waals surface area contributed by atoms with Crippen molar-refractivity contribution in [1.29, 1.82) is 0 Å². The quantitative estimate of drug-likeness (QED) is 0.678. The van der Waals surface area contributed by atoms with Crippen molar-refractivity contribution < 1.29 is 8.42 Å². The highest BCUT2D eigenvalue weighted by molar-refractivity contribution is 7.99. The van der Waals surface area contributed by atoms with Gasteiger partial charge in [0.2, 0.25) is 0 Å². The van der Waals surface area contributed by atoms with Crippen molar-refractivity contribution in [2.24, 2.45) is 0 Å². The molecule has 80 valence electrons. The first-order valence-electron chi connectivity index (χ1n) is 4.20. The van der Waals surface area contributed by atoms with Gasteiger partial charge in [-0.3, -0.25) is 0 Å². The van der Waals surface area contributed by atoms with Gasteiger partial charge in [0.25, 0.3) is 0 Å². The van der Waals surface area contributed by atoms with Gasteiger partial charge < -0.3 is 5.32 Å². The lowest BCUT2D eigenvalue weighted by atomic mass is 10.2. The minimum atomic E-state index is -2.82. The van der Waals surface area contributed by atoms with Crippen molar-refractivity contribution in [3.63, 3.8) is 0 Å². The standard InChI is InChI=1S/C8H19NO2S2/c1-8(2,12-3)7-9-5-6-13(4,10)11/h9H,5-7H2,1-4H3. The van der Waals surface area contributed by atoms with Crippen molar-refractivity contribution in [3.8, 4) is 0 Å². The van der Waals surface area contributed by atoms with Crippen LogP contribution in [0.1, 0.15) is 13.8 Å². The zero-order chi connectivity index (χ0) is 10.5. The Bertz CT molecular complexity index is 235. The smallest absolute Gasteiger partial charge is 0.148 e. The third kappa shape index (κ3) is 8.59. The number of sulfone groups is 1. The lowest BCUT2D eigenvalue weighted by molar-refractivity contribution is 0.583. The van der Waals surface area contributed by atoms with E-state index in [4.69, 9.17) is 0 Å². The number of rotatable bonds is 6. The molecule has 0 rings (SSSR count). The van der Waals surface area contributed by atoms with E-state index in [9.17, 15) is 8.42 Å². The Hall–Kier alpha value is 0.260. The van der Waals surface area contributed by atoms with Gasteiger partial charge in [0.1, 0.15) is 9.84 Å². The fourth-order valence-corrected chi connectivity index (χ4v) is 1.48. The van der Waals surface area contributed by atoms with Crippen LogP contribution in [-0.4, -0.2) is 44.5 Å². The Morgan fingerprint density at radius 3 is 2.31 bits per heavy atom. The topological polar surface area (TPSA) is 46.2 Å². The van der Waals surface area contributed by atoms with Crippen molar-refractivity contribution >= 4 is 21.6 Å². The van der Waals surface area contributed by atoms with Crippen LogP contribution in [0.4, 0.5) is 0 Å². The zero-order valence-corrected chi connectivity index (χ0v) is 10.4. The van der Waals surface area contributed by atoms with Gasteiger partial charge in [0.05, 0.1) is 5.75 Å². The van der Waals surface area contributed by atoms with E-state index in [2.05, 4.69) is 25.4 Å². The number of hydrogen-bond donors (Lipinski definition) is 1. The molecule has 13 heavy (non-hydrogen) atoms. The highest BCUT2D eigenvalue weighted by Crippen LogP contribution is 2.19. The van der Waals surface area contributed by atoms with Crippen molar-refractivity contribution in [3.05, 3.63) is 0 Å². The molecular formula is C8H19NO2S2. The predicted molar refractivity (Wildman–Crippen MR) is 60.2 cm³/mol. The van der Waals surface area contributed by atoms with Gasteiger partial charge in [0, 0.05) is 24.1 Å². The monoisotopic (exact) mass is 225 g/mol. The molecule has 0 aromatic carbocycles. The van der Waals surface area contributed by atoms with Gasteiger partial charge in [-0.2, -0.15) is 11.8 Å². The van der Waals surface area contributed by atoms with Crippen LogP contribution < -0.4 is 5.32 Å². The maximum atomic E-state index is 10.8. The van der Waals surface area contributed by atoms with Crippen molar-refractivity contribution in [2.45, 2.75) is 18.6 Å². The molecule has 0 aliphatic carbocycles. The molecule has 0 saturated heterocycles. The molecule has 0 atom stereocenters. The minimum absolute atomic E-state index is 0.178. The van der Waals surface area contributed by atoms with Crippen LogP contribution in [0.3, 0.4) is 0 Å². The molecule has 0 heterocycles. The zero-order valence-electron chi connectivity index (χ0n) is 8.75. The average Bonchev–Trinajstić information content (AvgIpc) is 1.97. The first-order valence-corrected chi connectivity index (χ1v) is 7.49. The second kappa shape index (κ2) is 5.22. The predicted octanol–water partition coefficient (Wildman–Crippen LogP) is 0.762. The molecule has 0 aromatic rings. The summed E-state index contributed by atoms with van der Waals surface area (Å²) in [6.45, 7) is 5.64. The molecule has 0 fully saturated rings. The fourth-order valence-electron chi connectivity index (χ4n) is 0.719. The summed E-state index contributed by atoms with van der Waals surface area (Å²) in [4.78, 5) is 0. The number of thioether (sulfide) groups is 1.